The highest BCUT2D eigenvalue weighted by Crippen LogP contribution is 2.18. The Morgan fingerprint density at radius 2 is 1.88 bits per heavy atom. The molecule has 0 unspecified atom stereocenters. The maximum atomic E-state index is 12.8. The van der Waals surface area contributed by atoms with E-state index in [9.17, 15) is 9.90 Å². The molecule has 1 atom stereocenters. The number of carbonyl (C=O) groups excluding carboxylic acids is 1. The van der Waals surface area contributed by atoms with Crippen LogP contribution in [-0.2, 0) is 0 Å². The zero-order chi connectivity index (χ0) is 17.6. The van der Waals surface area contributed by atoms with Gasteiger partial charge in [0.2, 0.25) is 0 Å². The summed E-state index contributed by atoms with van der Waals surface area (Å²) in [6.07, 6.45) is 2.87. The molecule has 1 aromatic heterocycles. The summed E-state index contributed by atoms with van der Waals surface area (Å²) in [4.78, 5) is 18.3. The van der Waals surface area contributed by atoms with E-state index in [0.717, 1.165) is 5.56 Å². The summed E-state index contributed by atoms with van der Waals surface area (Å²) >= 11 is 0. The smallest absolute Gasteiger partial charge is 0.255 e. The Hall–Kier alpha value is -2.99. The lowest BCUT2D eigenvalue weighted by molar-refractivity contribution is 0.0761. The van der Waals surface area contributed by atoms with E-state index < -0.39 is 6.10 Å². The third-order valence-electron chi connectivity index (χ3n) is 4.07. The largest absolute Gasteiger partial charge is 0.388 e. The van der Waals surface area contributed by atoms with Gasteiger partial charge in [0.1, 0.15) is 12.7 Å². The minimum Gasteiger partial charge on any atom is -0.388 e. The van der Waals surface area contributed by atoms with Gasteiger partial charge in [-0.1, -0.05) is 42.5 Å². The second-order valence-electron chi connectivity index (χ2n) is 5.80. The molecule has 0 saturated carbocycles. The van der Waals surface area contributed by atoms with Gasteiger partial charge < -0.3 is 10.0 Å². The highest BCUT2D eigenvalue weighted by molar-refractivity contribution is 5.97. The van der Waals surface area contributed by atoms with Crippen LogP contribution in [0.2, 0.25) is 0 Å². The number of nitrogens with zero attached hydrogens (tertiary/aromatic N) is 4. The normalized spacial score (nSPS) is 11.9. The average Bonchev–Trinajstić information content (AvgIpc) is 3.20. The quantitative estimate of drug-likeness (QED) is 0.751. The molecule has 1 amide bonds. The minimum absolute atomic E-state index is 0.119. The summed E-state index contributed by atoms with van der Waals surface area (Å²) in [5.41, 5.74) is 2.08. The van der Waals surface area contributed by atoms with E-state index in [0.29, 0.717) is 24.2 Å². The van der Waals surface area contributed by atoms with E-state index in [-0.39, 0.29) is 5.91 Å². The third-order valence-corrected chi connectivity index (χ3v) is 4.07. The van der Waals surface area contributed by atoms with Crippen LogP contribution >= 0.6 is 0 Å². The number of carbonyl (C=O) groups is 1. The van der Waals surface area contributed by atoms with Crippen LogP contribution < -0.4 is 0 Å². The molecule has 3 rings (SSSR count). The van der Waals surface area contributed by atoms with Crippen LogP contribution in [0.4, 0.5) is 0 Å². The van der Waals surface area contributed by atoms with Crippen LogP contribution in [0.25, 0.3) is 5.69 Å². The van der Waals surface area contributed by atoms with Crippen LogP contribution in [0.5, 0.6) is 0 Å². The summed E-state index contributed by atoms with van der Waals surface area (Å²) in [5, 5.41) is 14.4. The Balaban J connectivity index is 1.69. The molecule has 0 aliphatic heterocycles. The highest BCUT2D eigenvalue weighted by Gasteiger charge is 2.18. The first-order valence-electron chi connectivity index (χ1n) is 8.09. The first kappa shape index (κ1) is 16.9. The molecule has 25 heavy (non-hydrogen) atoms. The summed E-state index contributed by atoms with van der Waals surface area (Å²) in [6, 6.07) is 16.7. The van der Waals surface area contributed by atoms with E-state index in [4.69, 9.17) is 0 Å². The Kier molecular flexibility index (Phi) is 5.20. The first-order chi connectivity index (χ1) is 12.2. The third kappa shape index (κ3) is 3.92. The molecule has 2 aromatic carbocycles. The maximum absolute atomic E-state index is 12.8. The molecule has 0 bridgehead atoms. The number of rotatable bonds is 6. The van der Waals surface area contributed by atoms with Gasteiger partial charge >= 0.3 is 0 Å². The molecule has 128 valence electrons. The number of aromatic nitrogens is 3. The number of amides is 1. The molecule has 0 aliphatic carbocycles. The molecule has 1 heterocycles. The fraction of sp³-hybridized carbons (Fsp3) is 0.211. The lowest BCUT2D eigenvalue weighted by Crippen LogP contribution is -2.29. The molecule has 0 fully saturated rings. The predicted molar refractivity (Wildman–Crippen MR) is 94.3 cm³/mol. The summed E-state index contributed by atoms with van der Waals surface area (Å²) in [7, 11) is 1.73. The summed E-state index contributed by atoms with van der Waals surface area (Å²) in [5.74, 6) is -0.119. The zero-order valence-corrected chi connectivity index (χ0v) is 14.0. The van der Waals surface area contributed by atoms with Gasteiger partial charge in [-0.3, -0.25) is 4.79 Å². The molecule has 1 N–H and O–H groups in total. The predicted octanol–water partition coefficient (Wildman–Crippen LogP) is 2.46. The topological polar surface area (TPSA) is 71.2 Å². The van der Waals surface area contributed by atoms with Crippen molar-refractivity contribution >= 4 is 5.91 Å². The van der Waals surface area contributed by atoms with Crippen molar-refractivity contribution in [3.63, 3.8) is 0 Å². The minimum atomic E-state index is -0.595. The van der Waals surface area contributed by atoms with Crippen molar-refractivity contribution in [3.8, 4) is 5.69 Å². The van der Waals surface area contributed by atoms with E-state index in [1.54, 1.807) is 29.0 Å². The number of para-hydroxylation sites is 1. The number of aliphatic hydroxyl groups is 1. The van der Waals surface area contributed by atoms with Crippen LogP contribution in [-0.4, -0.2) is 44.3 Å². The molecular formula is C19H20N4O2. The number of benzene rings is 2. The van der Waals surface area contributed by atoms with Gasteiger partial charge in [0.05, 0.1) is 17.4 Å². The van der Waals surface area contributed by atoms with Crippen LogP contribution in [0.3, 0.4) is 0 Å². The van der Waals surface area contributed by atoms with Gasteiger partial charge in [-0.15, -0.1) is 0 Å². The fourth-order valence-corrected chi connectivity index (χ4v) is 2.65. The van der Waals surface area contributed by atoms with Gasteiger partial charge in [-0.05, 0) is 24.1 Å². The summed E-state index contributed by atoms with van der Waals surface area (Å²) < 4.78 is 1.57. The average molecular weight is 336 g/mol. The van der Waals surface area contributed by atoms with Gasteiger partial charge in [-0.2, -0.15) is 5.10 Å². The molecule has 6 heteroatoms. The van der Waals surface area contributed by atoms with Crippen molar-refractivity contribution in [1.82, 2.24) is 19.7 Å². The monoisotopic (exact) mass is 336 g/mol. The molecule has 0 saturated heterocycles. The van der Waals surface area contributed by atoms with Gasteiger partial charge in [-0.25, -0.2) is 9.67 Å². The van der Waals surface area contributed by atoms with Crippen molar-refractivity contribution in [3.05, 3.63) is 78.4 Å². The van der Waals surface area contributed by atoms with E-state index in [2.05, 4.69) is 10.1 Å². The summed E-state index contributed by atoms with van der Waals surface area (Å²) in [6.45, 7) is 0.445. The Morgan fingerprint density at radius 1 is 1.16 bits per heavy atom. The van der Waals surface area contributed by atoms with Crippen molar-refractivity contribution < 1.29 is 9.90 Å². The van der Waals surface area contributed by atoms with E-state index >= 15 is 0 Å². The second-order valence-corrected chi connectivity index (χ2v) is 5.80. The lowest BCUT2D eigenvalue weighted by Gasteiger charge is -2.20. The van der Waals surface area contributed by atoms with E-state index in [1.165, 1.54) is 6.33 Å². The Morgan fingerprint density at radius 3 is 2.60 bits per heavy atom. The number of aliphatic hydroxyl groups excluding tert-OH is 1. The van der Waals surface area contributed by atoms with Gasteiger partial charge in [0, 0.05) is 13.6 Å². The molecule has 3 aromatic rings. The van der Waals surface area contributed by atoms with Crippen molar-refractivity contribution in [2.24, 2.45) is 0 Å². The Labute approximate surface area is 146 Å². The zero-order valence-electron chi connectivity index (χ0n) is 14.0. The van der Waals surface area contributed by atoms with Gasteiger partial charge in [0.25, 0.3) is 5.91 Å². The van der Waals surface area contributed by atoms with Crippen LogP contribution in [0.1, 0.15) is 28.4 Å². The number of hydrogen-bond donors (Lipinski definition) is 1. The van der Waals surface area contributed by atoms with Gasteiger partial charge in [0.15, 0.2) is 0 Å². The van der Waals surface area contributed by atoms with Crippen LogP contribution in [0, 0.1) is 0 Å². The first-order valence-corrected chi connectivity index (χ1v) is 8.09. The maximum Gasteiger partial charge on any atom is 0.255 e. The van der Waals surface area contributed by atoms with Crippen molar-refractivity contribution in [1.29, 1.82) is 0 Å². The number of hydrogen-bond acceptors (Lipinski definition) is 4. The standard InChI is InChI=1S/C19H20N4O2/c1-22(12-11-18(24)15-7-3-2-4-8-15)19(25)16-9-5-6-10-17(16)23-14-20-13-21-23/h2-10,13-14,18,24H,11-12H2,1H3/t18-/m1/s1. The second kappa shape index (κ2) is 7.72. The highest BCUT2D eigenvalue weighted by atomic mass is 16.3. The van der Waals surface area contributed by atoms with E-state index in [1.807, 2.05) is 48.5 Å². The van der Waals surface area contributed by atoms with Crippen molar-refractivity contribution in [2.45, 2.75) is 12.5 Å². The molecule has 6 nitrogen and oxygen atoms in total. The van der Waals surface area contributed by atoms with Crippen LogP contribution in [0.15, 0.2) is 67.3 Å². The fourth-order valence-electron chi connectivity index (χ4n) is 2.65. The van der Waals surface area contributed by atoms with Crippen molar-refractivity contribution in [2.75, 3.05) is 13.6 Å². The molecule has 0 spiro atoms. The molecule has 0 radical (unpaired) electrons. The SMILES string of the molecule is CN(CC[C@@H](O)c1ccccc1)C(=O)c1ccccc1-n1cncn1. The Bertz CT molecular complexity index is 818. The lowest BCUT2D eigenvalue weighted by atomic mass is 10.1. The molecular weight excluding hydrogens is 316 g/mol. The molecule has 0 aliphatic rings.